The van der Waals surface area contributed by atoms with Crippen molar-refractivity contribution in [2.24, 2.45) is 0 Å². The predicted molar refractivity (Wildman–Crippen MR) is 76.3 cm³/mol. The predicted octanol–water partition coefficient (Wildman–Crippen LogP) is 2.32. The summed E-state index contributed by atoms with van der Waals surface area (Å²) >= 11 is 0. The van der Waals surface area contributed by atoms with Gasteiger partial charge in [0.25, 0.3) is 0 Å². The number of benzene rings is 2. The molecule has 5 heteroatoms. The van der Waals surface area contributed by atoms with Gasteiger partial charge in [-0.25, -0.2) is 0 Å². The van der Waals surface area contributed by atoms with Crippen LogP contribution in [0.25, 0.3) is 0 Å². The number of nitrogens with one attached hydrogen (secondary N) is 1. The average Bonchev–Trinajstić information content (AvgIpc) is 2.49. The molecular formula is C16H11N3O2. The SMILES string of the molecule is N#Cc1ccc(NC(=O)Cc2ccccc2O)cc1C#N. The van der Waals surface area contributed by atoms with Crippen molar-refractivity contribution < 1.29 is 9.90 Å². The Kier molecular flexibility index (Phi) is 4.18. The molecule has 0 saturated carbocycles. The monoisotopic (exact) mass is 277 g/mol. The molecule has 0 spiro atoms. The number of rotatable bonds is 3. The Morgan fingerprint density at radius 2 is 1.81 bits per heavy atom. The third-order valence-electron chi connectivity index (χ3n) is 2.89. The molecule has 2 rings (SSSR count). The maximum atomic E-state index is 11.9. The van der Waals surface area contributed by atoms with Crippen molar-refractivity contribution >= 4 is 11.6 Å². The van der Waals surface area contributed by atoms with E-state index in [9.17, 15) is 9.90 Å². The summed E-state index contributed by atoms with van der Waals surface area (Å²) in [5, 5.41) is 30.0. The van der Waals surface area contributed by atoms with Crippen LogP contribution in [0.2, 0.25) is 0 Å². The molecule has 0 radical (unpaired) electrons. The van der Waals surface area contributed by atoms with Crippen LogP contribution < -0.4 is 5.32 Å². The van der Waals surface area contributed by atoms with Crippen molar-refractivity contribution in [1.82, 2.24) is 0 Å². The Bertz CT molecular complexity index is 770. The number of nitriles is 2. The van der Waals surface area contributed by atoms with E-state index in [0.29, 0.717) is 11.3 Å². The number of phenols is 1. The third-order valence-corrected chi connectivity index (χ3v) is 2.89. The van der Waals surface area contributed by atoms with Crippen molar-refractivity contribution in [2.45, 2.75) is 6.42 Å². The van der Waals surface area contributed by atoms with Gasteiger partial charge in [0.2, 0.25) is 5.91 Å². The summed E-state index contributed by atoms with van der Waals surface area (Å²) in [5.41, 5.74) is 1.42. The van der Waals surface area contributed by atoms with Gasteiger partial charge >= 0.3 is 0 Å². The van der Waals surface area contributed by atoms with E-state index in [1.807, 2.05) is 12.1 Å². The van der Waals surface area contributed by atoms with E-state index in [0.717, 1.165) is 0 Å². The van der Waals surface area contributed by atoms with E-state index in [4.69, 9.17) is 10.5 Å². The minimum absolute atomic E-state index is 0.0224. The summed E-state index contributed by atoms with van der Waals surface area (Å²) in [6, 6.07) is 14.9. The van der Waals surface area contributed by atoms with Crippen LogP contribution in [0.5, 0.6) is 5.75 Å². The molecule has 0 aliphatic heterocycles. The van der Waals surface area contributed by atoms with E-state index in [1.54, 1.807) is 24.3 Å². The first-order valence-corrected chi connectivity index (χ1v) is 6.15. The van der Waals surface area contributed by atoms with E-state index in [1.165, 1.54) is 18.2 Å². The first kappa shape index (κ1) is 14.1. The van der Waals surface area contributed by atoms with E-state index < -0.39 is 0 Å². The molecule has 1 amide bonds. The smallest absolute Gasteiger partial charge is 0.228 e. The number of carbonyl (C=O) groups excluding carboxylic acids is 1. The van der Waals surface area contributed by atoms with Crippen LogP contribution >= 0.6 is 0 Å². The van der Waals surface area contributed by atoms with Crippen LogP contribution in [0.3, 0.4) is 0 Å². The van der Waals surface area contributed by atoms with Gasteiger partial charge in [-0.2, -0.15) is 10.5 Å². The highest BCUT2D eigenvalue weighted by Gasteiger charge is 2.09. The Balaban J connectivity index is 2.12. The zero-order valence-corrected chi connectivity index (χ0v) is 11.0. The second kappa shape index (κ2) is 6.23. The fourth-order valence-corrected chi connectivity index (χ4v) is 1.85. The number of para-hydroxylation sites is 1. The van der Waals surface area contributed by atoms with Gasteiger partial charge in [-0.05, 0) is 24.3 Å². The molecule has 0 heterocycles. The van der Waals surface area contributed by atoms with Gasteiger partial charge in [0, 0.05) is 11.3 Å². The Labute approximate surface area is 121 Å². The highest BCUT2D eigenvalue weighted by molar-refractivity contribution is 5.92. The van der Waals surface area contributed by atoms with Gasteiger partial charge < -0.3 is 10.4 Å². The zero-order valence-electron chi connectivity index (χ0n) is 11.0. The summed E-state index contributed by atoms with van der Waals surface area (Å²) in [6.45, 7) is 0. The van der Waals surface area contributed by atoms with Crippen LogP contribution in [0.4, 0.5) is 5.69 Å². The van der Waals surface area contributed by atoms with Crippen LogP contribution in [0.1, 0.15) is 16.7 Å². The molecular weight excluding hydrogens is 266 g/mol. The number of hydrogen-bond donors (Lipinski definition) is 2. The largest absolute Gasteiger partial charge is 0.508 e. The van der Waals surface area contributed by atoms with Crippen molar-refractivity contribution in [3.8, 4) is 17.9 Å². The molecule has 0 aliphatic rings. The molecule has 0 unspecified atom stereocenters. The topological polar surface area (TPSA) is 96.9 Å². The Hall–Kier alpha value is -3.31. The molecule has 2 N–H and O–H groups in total. The molecule has 0 atom stereocenters. The lowest BCUT2D eigenvalue weighted by atomic mass is 10.1. The number of carbonyl (C=O) groups is 1. The van der Waals surface area contributed by atoms with Gasteiger partial charge in [0.15, 0.2) is 0 Å². The number of nitrogens with zero attached hydrogens (tertiary/aromatic N) is 2. The average molecular weight is 277 g/mol. The summed E-state index contributed by atoms with van der Waals surface area (Å²) < 4.78 is 0. The second-order valence-corrected chi connectivity index (χ2v) is 4.34. The summed E-state index contributed by atoms with van der Waals surface area (Å²) in [7, 11) is 0. The van der Waals surface area contributed by atoms with Gasteiger partial charge in [-0.1, -0.05) is 18.2 Å². The number of hydrogen-bond acceptors (Lipinski definition) is 4. The fraction of sp³-hybridized carbons (Fsp3) is 0.0625. The van der Waals surface area contributed by atoms with Gasteiger partial charge in [0.05, 0.1) is 17.5 Å². The number of amides is 1. The van der Waals surface area contributed by atoms with E-state index >= 15 is 0 Å². The maximum absolute atomic E-state index is 11.9. The van der Waals surface area contributed by atoms with Crippen LogP contribution in [0.15, 0.2) is 42.5 Å². The van der Waals surface area contributed by atoms with Gasteiger partial charge in [-0.15, -0.1) is 0 Å². The number of anilines is 1. The fourth-order valence-electron chi connectivity index (χ4n) is 1.85. The van der Waals surface area contributed by atoms with Crippen LogP contribution in [-0.4, -0.2) is 11.0 Å². The van der Waals surface area contributed by atoms with Gasteiger partial charge in [-0.3, -0.25) is 4.79 Å². The van der Waals surface area contributed by atoms with Crippen LogP contribution in [0, 0.1) is 22.7 Å². The van der Waals surface area contributed by atoms with Crippen molar-refractivity contribution in [3.63, 3.8) is 0 Å². The van der Waals surface area contributed by atoms with Crippen molar-refractivity contribution in [1.29, 1.82) is 10.5 Å². The zero-order chi connectivity index (χ0) is 15.2. The molecule has 21 heavy (non-hydrogen) atoms. The lowest BCUT2D eigenvalue weighted by molar-refractivity contribution is -0.115. The normalized spacial score (nSPS) is 9.43. The van der Waals surface area contributed by atoms with Crippen molar-refractivity contribution in [2.75, 3.05) is 5.32 Å². The lowest BCUT2D eigenvalue weighted by Crippen LogP contribution is -2.14. The minimum Gasteiger partial charge on any atom is -0.508 e. The molecule has 0 saturated heterocycles. The lowest BCUT2D eigenvalue weighted by Gasteiger charge is -2.07. The van der Waals surface area contributed by atoms with E-state index in [-0.39, 0.29) is 29.2 Å². The first-order valence-electron chi connectivity index (χ1n) is 6.15. The summed E-state index contributed by atoms with van der Waals surface area (Å²) in [5.74, 6) is -0.254. The molecule has 2 aromatic rings. The highest BCUT2D eigenvalue weighted by Crippen LogP contribution is 2.18. The number of aromatic hydroxyl groups is 1. The summed E-state index contributed by atoms with van der Waals surface area (Å²) in [4.78, 5) is 11.9. The quantitative estimate of drug-likeness (QED) is 0.899. The molecule has 0 fully saturated rings. The standard InChI is InChI=1S/C16H11N3O2/c17-9-12-5-6-14(7-13(12)10-18)19-16(21)8-11-3-1-2-4-15(11)20/h1-7,20H,8H2,(H,19,21). The molecule has 2 aromatic carbocycles. The van der Waals surface area contributed by atoms with E-state index in [2.05, 4.69) is 5.32 Å². The molecule has 5 nitrogen and oxygen atoms in total. The molecule has 102 valence electrons. The summed E-state index contributed by atoms with van der Waals surface area (Å²) in [6.07, 6.45) is 0.0224. The molecule has 0 bridgehead atoms. The highest BCUT2D eigenvalue weighted by atomic mass is 16.3. The first-order chi connectivity index (χ1) is 10.1. The third kappa shape index (κ3) is 3.37. The molecule has 0 aliphatic carbocycles. The maximum Gasteiger partial charge on any atom is 0.228 e. The molecule has 0 aromatic heterocycles. The minimum atomic E-state index is -0.315. The second-order valence-electron chi connectivity index (χ2n) is 4.34. The Morgan fingerprint density at radius 3 is 2.48 bits per heavy atom. The van der Waals surface area contributed by atoms with Gasteiger partial charge in [0.1, 0.15) is 17.9 Å². The van der Waals surface area contributed by atoms with Crippen molar-refractivity contribution in [3.05, 3.63) is 59.2 Å². The number of phenolic OH excluding ortho intramolecular Hbond substituents is 1. The Morgan fingerprint density at radius 1 is 1.10 bits per heavy atom. The van der Waals surface area contributed by atoms with Crippen LogP contribution in [-0.2, 0) is 11.2 Å².